The molecule has 3 nitrogen and oxygen atoms in total. The average molecular weight is 517 g/mol. The van der Waals surface area contributed by atoms with Crippen LogP contribution in [0.5, 0.6) is 0 Å². The summed E-state index contributed by atoms with van der Waals surface area (Å²) in [6.45, 7) is 3.97. The number of benzene rings is 4. The lowest BCUT2D eigenvalue weighted by Crippen LogP contribution is -2.15. The summed E-state index contributed by atoms with van der Waals surface area (Å²) in [5.74, 6) is 0. The highest BCUT2D eigenvalue weighted by Crippen LogP contribution is 2.71. The highest BCUT2D eigenvalue weighted by molar-refractivity contribution is 8.33. The molecular formula is C26H22Cl2O3S2. The maximum Gasteiger partial charge on any atom is 0.308 e. The van der Waals surface area contributed by atoms with E-state index in [-0.39, 0.29) is 14.9 Å². The predicted molar refractivity (Wildman–Crippen MR) is 136 cm³/mol. The van der Waals surface area contributed by atoms with Crippen molar-refractivity contribution in [1.82, 2.24) is 0 Å². The topological polar surface area (TPSA) is 43.4 Å². The zero-order chi connectivity index (χ0) is 23.6. The largest absolute Gasteiger partial charge is 0.308 e. The van der Waals surface area contributed by atoms with Gasteiger partial charge in [0, 0.05) is 19.7 Å². The lowest BCUT2D eigenvalue weighted by molar-refractivity contribution is 0.508. The molecule has 4 rings (SSSR count). The Morgan fingerprint density at radius 2 is 1.24 bits per heavy atom. The van der Waals surface area contributed by atoms with E-state index in [2.05, 4.69) is 0 Å². The number of rotatable bonds is 6. The quantitative estimate of drug-likeness (QED) is 0.259. The van der Waals surface area contributed by atoms with Crippen LogP contribution >= 0.6 is 33.5 Å². The molecule has 0 aliphatic rings. The van der Waals surface area contributed by atoms with Gasteiger partial charge in [-0.05, 0) is 78.3 Å². The number of hydrogen-bond acceptors (Lipinski definition) is 3. The van der Waals surface area contributed by atoms with E-state index >= 15 is 0 Å². The van der Waals surface area contributed by atoms with Crippen molar-refractivity contribution in [1.29, 1.82) is 0 Å². The molecule has 4 aromatic carbocycles. The van der Waals surface area contributed by atoms with Crippen LogP contribution in [0.2, 0.25) is 10.0 Å². The van der Waals surface area contributed by atoms with E-state index in [4.69, 9.17) is 26.8 Å². The highest BCUT2D eigenvalue weighted by atomic mass is 35.5. The molecule has 0 N–H and O–H groups in total. The van der Waals surface area contributed by atoms with Crippen LogP contribution in [0.15, 0.2) is 117 Å². The third-order valence-corrected chi connectivity index (χ3v) is 11.2. The smallest absolute Gasteiger partial charge is 0.203 e. The molecule has 0 atom stereocenters. The maximum absolute atomic E-state index is 13.8. The van der Waals surface area contributed by atoms with E-state index in [1.807, 2.05) is 92.7 Å². The van der Waals surface area contributed by atoms with E-state index in [0.717, 1.165) is 25.8 Å². The number of halogens is 2. The van der Waals surface area contributed by atoms with Gasteiger partial charge >= 0.3 is 10.1 Å². The van der Waals surface area contributed by atoms with Crippen LogP contribution in [0.4, 0.5) is 0 Å². The molecule has 33 heavy (non-hydrogen) atoms. The van der Waals surface area contributed by atoms with E-state index in [1.54, 1.807) is 6.07 Å². The minimum Gasteiger partial charge on any atom is -0.203 e. The molecular weight excluding hydrogens is 495 g/mol. The van der Waals surface area contributed by atoms with Crippen molar-refractivity contribution in [2.45, 2.75) is 33.4 Å². The molecule has 0 bridgehead atoms. The summed E-state index contributed by atoms with van der Waals surface area (Å²) in [5.41, 5.74) is 2.01. The first-order valence-corrected chi connectivity index (χ1v) is 13.9. The first-order chi connectivity index (χ1) is 15.7. The number of hydrogen-bond donors (Lipinski definition) is 0. The van der Waals surface area contributed by atoms with Crippen LogP contribution in [0.3, 0.4) is 0 Å². The van der Waals surface area contributed by atoms with E-state index in [1.165, 1.54) is 12.1 Å². The molecule has 0 saturated heterocycles. The summed E-state index contributed by atoms with van der Waals surface area (Å²) in [5, 5.41) is 0.308. The van der Waals surface area contributed by atoms with Crippen molar-refractivity contribution in [2.75, 3.05) is 0 Å². The second-order valence-electron chi connectivity index (χ2n) is 7.55. The predicted octanol–water partition coefficient (Wildman–Crippen LogP) is 8.21. The molecule has 0 fully saturated rings. The van der Waals surface area contributed by atoms with Crippen LogP contribution in [0.25, 0.3) is 0 Å². The normalized spacial score (nSPS) is 12.5. The van der Waals surface area contributed by atoms with Gasteiger partial charge in [-0.2, -0.15) is 8.42 Å². The third-order valence-electron chi connectivity index (χ3n) is 5.14. The van der Waals surface area contributed by atoms with E-state index < -0.39 is 20.4 Å². The maximum atomic E-state index is 13.8. The van der Waals surface area contributed by atoms with Gasteiger partial charge in [-0.25, -0.2) is 3.63 Å². The van der Waals surface area contributed by atoms with Crippen LogP contribution in [-0.2, 0) is 13.7 Å². The summed E-state index contributed by atoms with van der Waals surface area (Å²) in [6, 6.07) is 29.2. The fraction of sp³-hybridized carbons (Fsp3) is 0.0769. The summed E-state index contributed by atoms with van der Waals surface area (Å²) >= 11 is 12.4. The molecule has 0 heterocycles. The molecule has 0 spiro atoms. The van der Waals surface area contributed by atoms with Crippen LogP contribution in [0.1, 0.15) is 11.1 Å². The Balaban J connectivity index is 2.07. The molecule has 170 valence electrons. The van der Waals surface area contributed by atoms with Crippen molar-refractivity contribution >= 4 is 43.6 Å². The SMILES string of the molecule is Cc1ccc(S(OS(=O)(=O)c2cc(Cl)ccc2Cl)(c2ccccc2)c2ccccc2)c(C)c1. The van der Waals surface area contributed by atoms with Gasteiger partial charge in [-0.3, -0.25) is 0 Å². The molecule has 0 unspecified atom stereocenters. The monoisotopic (exact) mass is 516 g/mol. The Kier molecular flexibility index (Phi) is 6.89. The lowest BCUT2D eigenvalue weighted by Gasteiger charge is -2.40. The standard InChI is InChI=1S/C26H22Cl2O3S2/c1-19-13-16-25(20(2)17-19)32(22-9-5-3-6-10-22,23-11-7-4-8-12-23)31-33(29,30)26-18-21(27)14-15-24(26)28/h3-18H,1-2H3. The van der Waals surface area contributed by atoms with Crippen molar-refractivity contribution in [3.63, 3.8) is 0 Å². The Morgan fingerprint density at radius 1 is 0.667 bits per heavy atom. The van der Waals surface area contributed by atoms with Gasteiger partial charge in [0.2, 0.25) is 0 Å². The minimum atomic E-state index is -4.32. The Hall–Kier alpha value is -2.28. The van der Waals surface area contributed by atoms with Gasteiger partial charge in [-0.15, -0.1) is 0 Å². The summed E-state index contributed by atoms with van der Waals surface area (Å²) in [6.07, 6.45) is 0. The van der Waals surface area contributed by atoms with Gasteiger partial charge < -0.3 is 0 Å². The van der Waals surface area contributed by atoms with Gasteiger partial charge in [0.05, 0.1) is 5.02 Å². The molecule has 7 heteroatoms. The van der Waals surface area contributed by atoms with Crippen molar-refractivity contribution < 1.29 is 12.0 Å². The van der Waals surface area contributed by atoms with Crippen molar-refractivity contribution in [3.05, 3.63) is 118 Å². The average Bonchev–Trinajstić information content (AvgIpc) is 2.80. The van der Waals surface area contributed by atoms with Crippen LogP contribution in [-0.4, -0.2) is 8.42 Å². The summed E-state index contributed by atoms with van der Waals surface area (Å²) in [4.78, 5) is 2.15. The molecule has 0 aromatic heterocycles. The summed E-state index contributed by atoms with van der Waals surface area (Å²) in [7, 11) is -7.03. The van der Waals surface area contributed by atoms with Crippen molar-refractivity contribution in [2.24, 2.45) is 0 Å². The fourth-order valence-corrected chi connectivity index (χ4v) is 9.83. The molecule has 0 saturated carbocycles. The van der Waals surface area contributed by atoms with Crippen LogP contribution < -0.4 is 0 Å². The fourth-order valence-electron chi connectivity index (χ4n) is 3.69. The molecule has 4 aromatic rings. The van der Waals surface area contributed by atoms with E-state index in [9.17, 15) is 8.42 Å². The van der Waals surface area contributed by atoms with Crippen molar-refractivity contribution in [3.8, 4) is 0 Å². The van der Waals surface area contributed by atoms with Gasteiger partial charge in [0.25, 0.3) is 0 Å². The van der Waals surface area contributed by atoms with Gasteiger partial charge in [0.15, 0.2) is 0 Å². The van der Waals surface area contributed by atoms with Gasteiger partial charge in [-0.1, -0.05) is 77.3 Å². The third kappa shape index (κ3) is 4.70. The van der Waals surface area contributed by atoms with E-state index in [0.29, 0.717) is 0 Å². The molecule has 0 aliphatic carbocycles. The second kappa shape index (κ2) is 9.53. The molecule has 0 aliphatic heterocycles. The lowest BCUT2D eigenvalue weighted by atomic mass is 10.2. The Labute approximate surface area is 206 Å². The molecule has 0 radical (unpaired) electrons. The zero-order valence-electron chi connectivity index (χ0n) is 18.0. The first kappa shape index (κ1) is 23.9. The Morgan fingerprint density at radius 3 is 1.79 bits per heavy atom. The highest BCUT2D eigenvalue weighted by Gasteiger charge is 2.39. The Bertz CT molecular complexity index is 1350. The minimum absolute atomic E-state index is 0.0504. The second-order valence-corrected chi connectivity index (χ2v) is 12.8. The number of aryl methyl sites for hydroxylation is 2. The molecule has 0 amide bonds. The first-order valence-electron chi connectivity index (χ1n) is 10.2. The summed E-state index contributed by atoms with van der Waals surface area (Å²) < 4.78 is 33.9. The zero-order valence-corrected chi connectivity index (χ0v) is 21.2. The van der Waals surface area contributed by atoms with Crippen LogP contribution in [0, 0.1) is 13.8 Å². The van der Waals surface area contributed by atoms with Gasteiger partial charge in [0.1, 0.15) is 4.90 Å².